The van der Waals surface area contributed by atoms with Crippen molar-refractivity contribution in [2.24, 2.45) is 0 Å². The monoisotopic (exact) mass is 307 g/mol. The first-order valence-corrected chi connectivity index (χ1v) is 8.46. The fraction of sp³-hybridized carbons (Fsp3) is 0.600. The van der Waals surface area contributed by atoms with Gasteiger partial charge in [-0.15, -0.1) is 0 Å². The van der Waals surface area contributed by atoms with Crippen LogP contribution in [0.4, 0.5) is 0 Å². The molecule has 3 heterocycles. The number of carbonyl (C=O) groups is 2. The first-order chi connectivity index (χ1) is 10.2. The van der Waals surface area contributed by atoms with Crippen molar-refractivity contribution in [3.8, 4) is 0 Å². The normalized spacial score (nSPS) is 22.6. The first-order valence-electron chi connectivity index (χ1n) is 7.52. The zero-order valence-corrected chi connectivity index (χ0v) is 13.1. The molecule has 21 heavy (non-hydrogen) atoms. The molecule has 1 atom stereocenters. The zero-order valence-electron chi connectivity index (χ0n) is 12.3. The summed E-state index contributed by atoms with van der Waals surface area (Å²) < 4.78 is 0. The van der Waals surface area contributed by atoms with Crippen LogP contribution in [0.15, 0.2) is 10.8 Å². The predicted molar refractivity (Wildman–Crippen MR) is 82.6 cm³/mol. The van der Waals surface area contributed by atoms with E-state index in [1.807, 2.05) is 22.6 Å². The molecular formula is C15H21N3O2S. The number of carbonyl (C=O) groups excluding carboxylic acids is 2. The minimum Gasteiger partial charge on any atom is -0.338 e. The van der Waals surface area contributed by atoms with E-state index in [9.17, 15) is 9.59 Å². The quantitative estimate of drug-likeness (QED) is 0.890. The Kier molecular flexibility index (Phi) is 4.26. The van der Waals surface area contributed by atoms with Crippen LogP contribution >= 0.6 is 11.3 Å². The topological polar surface area (TPSA) is 52.7 Å². The average Bonchev–Trinajstić information content (AvgIpc) is 3.15. The largest absolute Gasteiger partial charge is 0.338 e. The third kappa shape index (κ3) is 2.82. The van der Waals surface area contributed by atoms with Gasteiger partial charge in [-0.2, -0.15) is 11.3 Å². The van der Waals surface area contributed by atoms with Gasteiger partial charge in [0.15, 0.2) is 0 Å². The van der Waals surface area contributed by atoms with Crippen LogP contribution in [0.2, 0.25) is 0 Å². The van der Waals surface area contributed by atoms with Gasteiger partial charge in [0, 0.05) is 38.1 Å². The van der Waals surface area contributed by atoms with Crippen LogP contribution in [-0.4, -0.2) is 60.4 Å². The summed E-state index contributed by atoms with van der Waals surface area (Å²) in [5, 5.41) is 7.12. The average molecular weight is 307 g/mol. The van der Waals surface area contributed by atoms with Crippen molar-refractivity contribution >= 4 is 23.2 Å². The van der Waals surface area contributed by atoms with E-state index in [4.69, 9.17) is 0 Å². The van der Waals surface area contributed by atoms with Gasteiger partial charge in [0.2, 0.25) is 5.91 Å². The third-order valence-electron chi connectivity index (χ3n) is 4.31. The maximum Gasteiger partial charge on any atom is 0.255 e. The van der Waals surface area contributed by atoms with Crippen LogP contribution in [0.5, 0.6) is 0 Å². The van der Waals surface area contributed by atoms with Crippen LogP contribution in [0.25, 0.3) is 0 Å². The Morgan fingerprint density at radius 1 is 1.24 bits per heavy atom. The molecule has 3 rings (SSSR count). The van der Waals surface area contributed by atoms with Gasteiger partial charge in [-0.3, -0.25) is 9.59 Å². The fourth-order valence-electron chi connectivity index (χ4n) is 3.10. The maximum absolute atomic E-state index is 12.7. The van der Waals surface area contributed by atoms with E-state index in [0.717, 1.165) is 50.1 Å². The van der Waals surface area contributed by atoms with Crippen LogP contribution in [0.1, 0.15) is 28.8 Å². The molecule has 114 valence electrons. The molecule has 2 aliphatic rings. The van der Waals surface area contributed by atoms with E-state index >= 15 is 0 Å². The SMILES string of the molecule is Cc1cscc1C(=O)N1CCCC1C(=O)N1CCNCC1. The Labute approximate surface area is 128 Å². The highest BCUT2D eigenvalue weighted by atomic mass is 32.1. The summed E-state index contributed by atoms with van der Waals surface area (Å²) in [5.41, 5.74) is 1.75. The van der Waals surface area contributed by atoms with Crippen molar-refractivity contribution in [3.05, 3.63) is 21.9 Å². The van der Waals surface area contributed by atoms with Gasteiger partial charge in [-0.05, 0) is 30.7 Å². The smallest absolute Gasteiger partial charge is 0.255 e. The number of hydrogen-bond acceptors (Lipinski definition) is 4. The lowest BCUT2D eigenvalue weighted by Crippen LogP contribution is -2.53. The van der Waals surface area contributed by atoms with Crippen molar-refractivity contribution in [2.45, 2.75) is 25.8 Å². The lowest BCUT2D eigenvalue weighted by atomic mass is 10.1. The van der Waals surface area contributed by atoms with Gasteiger partial charge in [0.25, 0.3) is 5.91 Å². The molecule has 1 aromatic rings. The molecule has 0 bridgehead atoms. The van der Waals surface area contributed by atoms with Crippen molar-refractivity contribution in [2.75, 3.05) is 32.7 Å². The second-order valence-corrected chi connectivity index (χ2v) is 6.44. The molecule has 1 aromatic heterocycles. The molecule has 0 aromatic carbocycles. The van der Waals surface area contributed by atoms with Crippen LogP contribution in [0, 0.1) is 6.92 Å². The third-order valence-corrected chi connectivity index (χ3v) is 5.17. The summed E-state index contributed by atoms with van der Waals surface area (Å²) in [5.74, 6) is 0.134. The molecule has 0 saturated carbocycles. The van der Waals surface area contributed by atoms with E-state index in [0.29, 0.717) is 6.54 Å². The summed E-state index contributed by atoms with van der Waals surface area (Å²) in [4.78, 5) is 29.0. The summed E-state index contributed by atoms with van der Waals surface area (Å²) in [7, 11) is 0. The van der Waals surface area contributed by atoms with E-state index in [2.05, 4.69) is 5.32 Å². The minimum atomic E-state index is -0.269. The van der Waals surface area contributed by atoms with Crippen molar-refractivity contribution in [3.63, 3.8) is 0 Å². The molecule has 2 aliphatic heterocycles. The second-order valence-electron chi connectivity index (χ2n) is 5.70. The number of rotatable bonds is 2. The van der Waals surface area contributed by atoms with E-state index < -0.39 is 0 Å². The Morgan fingerprint density at radius 2 is 2.00 bits per heavy atom. The number of amides is 2. The van der Waals surface area contributed by atoms with Crippen LogP contribution < -0.4 is 5.32 Å². The van der Waals surface area contributed by atoms with E-state index in [1.165, 1.54) is 11.3 Å². The minimum absolute atomic E-state index is 0.0136. The zero-order chi connectivity index (χ0) is 14.8. The van der Waals surface area contributed by atoms with Gasteiger partial charge in [0.05, 0.1) is 5.56 Å². The molecule has 5 nitrogen and oxygen atoms in total. The van der Waals surface area contributed by atoms with Crippen molar-refractivity contribution in [1.82, 2.24) is 15.1 Å². The molecule has 2 saturated heterocycles. The van der Waals surface area contributed by atoms with Crippen LogP contribution in [0.3, 0.4) is 0 Å². The van der Waals surface area contributed by atoms with E-state index in [-0.39, 0.29) is 17.9 Å². The molecule has 6 heteroatoms. The summed E-state index contributed by atoms with van der Waals surface area (Å²) in [6.45, 7) is 5.82. The van der Waals surface area contributed by atoms with Gasteiger partial charge in [-0.1, -0.05) is 0 Å². The summed E-state index contributed by atoms with van der Waals surface area (Å²) >= 11 is 1.54. The number of nitrogens with one attached hydrogen (secondary N) is 1. The fourth-order valence-corrected chi connectivity index (χ4v) is 3.92. The second kappa shape index (κ2) is 6.15. The van der Waals surface area contributed by atoms with Crippen LogP contribution in [-0.2, 0) is 4.79 Å². The molecular weight excluding hydrogens is 286 g/mol. The van der Waals surface area contributed by atoms with Gasteiger partial charge < -0.3 is 15.1 Å². The summed E-state index contributed by atoms with van der Waals surface area (Å²) in [6.07, 6.45) is 1.70. The number of thiophene rings is 1. The molecule has 2 amide bonds. The predicted octanol–water partition coefficient (Wildman–Crippen LogP) is 1.09. The lowest BCUT2D eigenvalue weighted by molar-refractivity contribution is -0.135. The van der Waals surface area contributed by atoms with Crippen molar-refractivity contribution < 1.29 is 9.59 Å². The highest BCUT2D eigenvalue weighted by Gasteiger charge is 2.37. The number of aryl methyl sites for hydroxylation is 1. The molecule has 1 unspecified atom stereocenters. The molecule has 0 spiro atoms. The molecule has 0 radical (unpaired) electrons. The van der Waals surface area contributed by atoms with Crippen molar-refractivity contribution in [1.29, 1.82) is 0 Å². The Hall–Kier alpha value is -1.40. The number of nitrogens with zero attached hydrogens (tertiary/aromatic N) is 2. The number of hydrogen-bond donors (Lipinski definition) is 1. The van der Waals surface area contributed by atoms with E-state index in [1.54, 1.807) is 4.90 Å². The first kappa shape index (κ1) is 14.5. The van der Waals surface area contributed by atoms with Gasteiger partial charge >= 0.3 is 0 Å². The standard InChI is InChI=1S/C15H21N3O2S/c1-11-9-21-10-12(11)14(19)18-6-2-3-13(18)15(20)17-7-4-16-5-8-17/h9-10,13,16H,2-8H2,1H3. The van der Waals surface area contributed by atoms with Gasteiger partial charge in [0.1, 0.15) is 6.04 Å². The summed E-state index contributed by atoms with van der Waals surface area (Å²) in [6, 6.07) is -0.269. The Bertz CT molecular complexity index is 537. The molecule has 1 N–H and O–H groups in total. The highest BCUT2D eigenvalue weighted by molar-refractivity contribution is 7.08. The molecule has 0 aliphatic carbocycles. The highest BCUT2D eigenvalue weighted by Crippen LogP contribution is 2.24. The maximum atomic E-state index is 12.7. The van der Waals surface area contributed by atoms with Gasteiger partial charge in [-0.25, -0.2) is 0 Å². The Morgan fingerprint density at radius 3 is 2.67 bits per heavy atom. The number of likely N-dealkylation sites (tertiary alicyclic amines) is 1. The Balaban J connectivity index is 1.74. The number of piperazine rings is 1. The lowest BCUT2D eigenvalue weighted by Gasteiger charge is -2.33. The molecule has 2 fully saturated rings.